The molecule has 19 heavy (non-hydrogen) atoms. The van der Waals surface area contributed by atoms with Crippen molar-refractivity contribution in [2.24, 2.45) is 0 Å². The van der Waals surface area contributed by atoms with Crippen molar-refractivity contribution in [2.45, 2.75) is 10.1 Å². The second-order valence-corrected chi connectivity index (χ2v) is 4.90. The van der Waals surface area contributed by atoms with Gasteiger partial charge in [-0.1, -0.05) is 12.1 Å². The molecule has 94 valence electrons. The fourth-order valence-electron chi connectivity index (χ4n) is 1.66. The molecule has 1 aromatic heterocycles. The van der Waals surface area contributed by atoms with Gasteiger partial charge >= 0.3 is 5.97 Å². The highest BCUT2D eigenvalue weighted by Crippen LogP contribution is 2.29. The van der Waals surface area contributed by atoms with Crippen molar-refractivity contribution in [3.63, 3.8) is 0 Å². The molecule has 0 aliphatic rings. The van der Waals surface area contributed by atoms with Gasteiger partial charge in [0.1, 0.15) is 5.52 Å². The van der Waals surface area contributed by atoms with Gasteiger partial charge in [-0.05, 0) is 48.2 Å². The minimum Gasteiger partial charge on any atom is -0.478 e. The first-order valence-electron chi connectivity index (χ1n) is 5.59. The van der Waals surface area contributed by atoms with Gasteiger partial charge in [-0.3, -0.25) is 0 Å². The summed E-state index contributed by atoms with van der Waals surface area (Å²) in [5.74, 6) is -0.932. The first kappa shape index (κ1) is 11.8. The first-order valence-corrected chi connectivity index (χ1v) is 6.41. The maximum Gasteiger partial charge on any atom is 0.335 e. The largest absolute Gasteiger partial charge is 0.478 e. The molecule has 0 bridgehead atoms. The van der Waals surface area contributed by atoms with Gasteiger partial charge in [0.05, 0.1) is 5.56 Å². The van der Waals surface area contributed by atoms with E-state index in [1.54, 1.807) is 24.3 Å². The minimum atomic E-state index is -0.932. The Morgan fingerprint density at radius 2 is 1.84 bits per heavy atom. The molecule has 2 aromatic carbocycles. The van der Waals surface area contributed by atoms with E-state index in [0.717, 1.165) is 16.0 Å². The van der Waals surface area contributed by atoms with Gasteiger partial charge in [-0.15, -0.1) is 0 Å². The van der Waals surface area contributed by atoms with Crippen LogP contribution in [0.1, 0.15) is 10.4 Å². The van der Waals surface area contributed by atoms with Gasteiger partial charge in [0.15, 0.2) is 5.58 Å². The Morgan fingerprint density at radius 1 is 1.11 bits per heavy atom. The van der Waals surface area contributed by atoms with Crippen molar-refractivity contribution in [2.75, 3.05) is 0 Å². The van der Waals surface area contributed by atoms with E-state index in [-0.39, 0.29) is 5.56 Å². The number of carboxylic acid groups (broad SMARTS) is 1. The predicted molar refractivity (Wildman–Crippen MR) is 71.5 cm³/mol. The van der Waals surface area contributed by atoms with E-state index in [1.165, 1.54) is 11.8 Å². The number of rotatable bonds is 3. The predicted octanol–water partition coefficient (Wildman–Crippen LogP) is 3.68. The molecule has 0 radical (unpaired) electrons. The number of hydrogen-bond donors (Lipinski definition) is 1. The summed E-state index contributed by atoms with van der Waals surface area (Å²) in [7, 11) is 0. The molecule has 0 fully saturated rings. The Morgan fingerprint density at radius 3 is 2.53 bits per heavy atom. The highest BCUT2D eigenvalue weighted by molar-refractivity contribution is 7.99. The molecule has 3 rings (SSSR count). The van der Waals surface area contributed by atoms with Crippen LogP contribution in [0.25, 0.3) is 11.1 Å². The lowest BCUT2D eigenvalue weighted by Gasteiger charge is -1.97. The molecule has 0 saturated heterocycles. The number of hydrogen-bond acceptors (Lipinski definition) is 4. The van der Waals surface area contributed by atoms with Crippen LogP contribution in [0.2, 0.25) is 0 Å². The third kappa shape index (κ3) is 2.46. The van der Waals surface area contributed by atoms with Crippen molar-refractivity contribution in [1.29, 1.82) is 0 Å². The molecular formula is C14H9NO3S. The van der Waals surface area contributed by atoms with Crippen LogP contribution in [0, 0.1) is 0 Å². The Labute approximate surface area is 113 Å². The highest BCUT2D eigenvalue weighted by Gasteiger charge is 2.08. The summed E-state index contributed by atoms with van der Waals surface area (Å²) in [6.07, 6.45) is 0. The fourth-order valence-corrected chi connectivity index (χ4v) is 2.41. The number of carboxylic acids is 1. The van der Waals surface area contributed by atoms with Gasteiger partial charge in [0.2, 0.25) is 0 Å². The van der Waals surface area contributed by atoms with Crippen LogP contribution in [-0.4, -0.2) is 16.1 Å². The maximum atomic E-state index is 10.8. The maximum absolute atomic E-state index is 10.8. The highest BCUT2D eigenvalue weighted by atomic mass is 32.2. The van der Waals surface area contributed by atoms with Crippen LogP contribution in [0.4, 0.5) is 0 Å². The van der Waals surface area contributed by atoms with E-state index in [4.69, 9.17) is 9.52 Å². The number of oxazole rings is 1. The Hall–Kier alpha value is -2.27. The van der Waals surface area contributed by atoms with Crippen LogP contribution in [0.5, 0.6) is 0 Å². The number of nitrogens with zero attached hydrogens (tertiary/aromatic N) is 1. The zero-order valence-corrected chi connectivity index (χ0v) is 10.6. The number of para-hydroxylation sites is 2. The van der Waals surface area contributed by atoms with Gasteiger partial charge in [0.25, 0.3) is 5.22 Å². The van der Waals surface area contributed by atoms with Crippen LogP contribution >= 0.6 is 11.8 Å². The van der Waals surface area contributed by atoms with E-state index in [0.29, 0.717) is 5.22 Å². The van der Waals surface area contributed by atoms with E-state index in [9.17, 15) is 4.79 Å². The van der Waals surface area contributed by atoms with Crippen LogP contribution in [-0.2, 0) is 0 Å². The van der Waals surface area contributed by atoms with E-state index < -0.39 is 5.97 Å². The fraction of sp³-hybridized carbons (Fsp3) is 0. The zero-order valence-electron chi connectivity index (χ0n) is 9.74. The van der Waals surface area contributed by atoms with Crippen LogP contribution < -0.4 is 0 Å². The molecule has 5 heteroatoms. The topological polar surface area (TPSA) is 63.3 Å². The second-order valence-electron chi connectivity index (χ2n) is 3.88. The van der Waals surface area contributed by atoms with Gasteiger partial charge < -0.3 is 9.52 Å². The molecule has 0 aliphatic carbocycles. The lowest BCUT2D eigenvalue weighted by atomic mass is 10.2. The SMILES string of the molecule is O=C(O)c1ccc(Sc2nc3ccccc3o2)cc1. The van der Waals surface area contributed by atoms with Crippen molar-refractivity contribution >= 4 is 28.8 Å². The molecular weight excluding hydrogens is 262 g/mol. The number of benzene rings is 2. The minimum absolute atomic E-state index is 0.266. The zero-order chi connectivity index (χ0) is 13.2. The number of carbonyl (C=O) groups is 1. The quantitative estimate of drug-likeness (QED) is 0.787. The average molecular weight is 271 g/mol. The molecule has 1 N–H and O–H groups in total. The Bertz CT molecular complexity index is 701. The molecule has 0 unspecified atom stereocenters. The summed E-state index contributed by atoms with van der Waals surface area (Å²) in [4.78, 5) is 16.0. The third-order valence-electron chi connectivity index (χ3n) is 2.58. The third-order valence-corrected chi connectivity index (χ3v) is 3.44. The Kier molecular flexibility index (Phi) is 2.97. The average Bonchev–Trinajstić information content (AvgIpc) is 2.81. The van der Waals surface area contributed by atoms with Gasteiger partial charge in [-0.25, -0.2) is 9.78 Å². The van der Waals surface area contributed by atoms with Crippen molar-refractivity contribution < 1.29 is 14.3 Å². The van der Waals surface area contributed by atoms with Crippen LogP contribution in [0.15, 0.2) is 63.1 Å². The lowest BCUT2D eigenvalue weighted by Crippen LogP contribution is -1.94. The second kappa shape index (κ2) is 4.78. The normalized spacial score (nSPS) is 10.7. The molecule has 0 atom stereocenters. The summed E-state index contributed by atoms with van der Waals surface area (Å²) in [5.41, 5.74) is 1.82. The lowest BCUT2D eigenvalue weighted by molar-refractivity contribution is 0.0697. The molecule has 3 aromatic rings. The summed E-state index contributed by atoms with van der Waals surface area (Å²) in [6.45, 7) is 0. The molecule has 4 nitrogen and oxygen atoms in total. The summed E-state index contributed by atoms with van der Waals surface area (Å²) >= 11 is 1.36. The number of fused-ring (bicyclic) bond motifs is 1. The van der Waals surface area contributed by atoms with Gasteiger partial charge in [0, 0.05) is 4.90 Å². The molecule has 1 heterocycles. The Balaban J connectivity index is 1.86. The monoisotopic (exact) mass is 271 g/mol. The smallest absolute Gasteiger partial charge is 0.335 e. The number of aromatic carboxylic acids is 1. The van der Waals surface area contributed by atoms with Crippen molar-refractivity contribution in [3.8, 4) is 0 Å². The molecule has 0 amide bonds. The molecule has 0 saturated carbocycles. The first-order chi connectivity index (χ1) is 9.22. The molecule has 0 spiro atoms. The summed E-state index contributed by atoms with van der Waals surface area (Å²) in [5, 5.41) is 9.37. The van der Waals surface area contributed by atoms with E-state index in [2.05, 4.69) is 4.98 Å². The van der Waals surface area contributed by atoms with Crippen LogP contribution in [0.3, 0.4) is 0 Å². The molecule has 0 aliphatic heterocycles. The summed E-state index contributed by atoms with van der Waals surface area (Å²) < 4.78 is 5.59. The standard InChI is InChI=1S/C14H9NO3S/c16-13(17)9-5-7-10(8-6-9)19-14-15-11-3-1-2-4-12(11)18-14/h1-8H,(H,16,17). The van der Waals surface area contributed by atoms with Crippen molar-refractivity contribution in [3.05, 3.63) is 54.1 Å². The summed E-state index contributed by atoms with van der Waals surface area (Å²) in [6, 6.07) is 14.1. The van der Waals surface area contributed by atoms with Crippen molar-refractivity contribution in [1.82, 2.24) is 4.98 Å². The van der Waals surface area contributed by atoms with E-state index >= 15 is 0 Å². The van der Waals surface area contributed by atoms with E-state index in [1.807, 2.05) is 24.3 Å². The van der Waals surface area contributed by atoms with Gasteiger partial charge in [-0.2, -0.15) is 0 Å². The number of aromatic nitrogens is 1.